The molecule has 2 aromatic carbocycles. The van der Waals surface area contributed by atoms with Crippen LogP contribution in [0.25, 0.3) is 11.1 Å². The van der Waals surface area contributed by atoms with E-state index in [9.17, 15) is 4.79 Å². The largest absolute Gasteiger partial charge is 0.438 e. The molecule has 3 rings (SSSR count). The predicted octanol–water partition coefficient (Wildman–Crippen LogP) is 4.41. The van der Waals surface area contributed by atoms with Crippen molar-refractivity contribution >= 4 is 6.09 Å². The Morgan fingerprint density at radius 3 is 2.15 bits per heavy atom. The molecule has 0 aromatic heterocycles. The highest BCUT2D eigenvalue weighted by atomic mass is 16.6. The van der Waals surface area contributed by atoms with Gasteiger partial charge in [0.15, 0.2) is 0 Å². The van der Waals surface area contributed by atoms with E-state index in [2.05, 4.69) is 29.6 Å². The normalized spacial score (nSPS) is 15.7. The molecule has 0 unspecified atom stereocenters. The van der Waals surface area contributed by atoms with Gasteiger partial charge in [-0.2, -0.15) is 0 Å². The van der Waals surface area contributed by atoms with Gasteiger partial charge >= 0.3 is 6.09 Å². The minimum atomic E-state index is -0.661. The van der Waals surface area contributed by atoms with E-state index in [1.54, 1.807) is 0 Å². The van der Waals surface area contributed by atoms with E-state index in [0.717, 1.165) is 37.1 Å². The molecular weight excluding hydrogens is 324 g/mol. The summed E-state index contributed by atoms with van der Waals surface area (Å²) >= 11 is 0. The SMILES string of the molecule is CNC1CCN(C(=O)OC(C)(C)c2ccc(-c3ccccc3)cc2)CC1. The number of nitrogens with one attached hydrogen (secondary N) is 1. The highest BCUT2D eigenvalue weighted by Gasteiger charge is 2.30. The van der Waals surface area contributed by atoms with Crippen molar-refractivity contribution in [3.05, 3.63) is 60.2 Å². The van der Waals surface area contributed by atoms with Crippen LogP contribution >= 0.6 is 0 Å². The summed E-state index contributed by atoms with van der Waals surface area (Å²) in [5.41, 5.74) is 2.68. The fourth-order valence-electron chi connectivity index (χ4n) is 3.39. The highest BCUT2D eigenvalue weighted by Crippen LogP contribution is 2.29. The first kappa shape index (κ1) is 18.5. The fraction of sp³-hybridized carbons (Fsp3) is 0.409. The first-order chi connectivity index (χ1) is 12.5. The number of rotatable bonds is 4. The number of ether oxygens (including phenoxy) is 1. The van der Waals surface area contributed by atoms with Crippen molar-refractivity contribution in [2.75, 3.05) is 20.1 Å². The number of carbonyl (C=O) groups is 1. The Kier molecular flexibility index (Phi) is 5.62. The first-order valence-corrected chi connectivity index (χ1v) is 9.31. The van der Waals surface area contributed by atoms with Crippen molar-refractivity contribution in [1.82, 2.24) is 10.2 Å². The molecule has 0 saturated carbocycles. The lowest BCUT2D eigenvalue weighted by atomic mass is 9.95. The lowest BCUT2D eigenvalue weighted by Gasteiger charge is -2.34. The van der Waals surface area contributed by atoms with Crippen LogP contribution in [-0.4, -0.2) is 37.2 Å². The molecule has 1 saturated heterocycles. The maximum absolute atomic E-state index is 12.6. The molecule has 0 aliphatic carbocycles. The van der Waals surface area contributed by atoms with Gasteiger partial charge in [0.1, 0.15) is 5.60 Å². The fourth-order valence-corrected chi connectivity index (χ4v) is 3.39. The van der Waals surface area contributed by atoms with Gasteiger partial charge in [-0.25, -0.2) is 4.79 Å². The van der Waals surface area contributed by atoms with Gasteiger partial charge in [0, 0.05) is 19.1 Å². The molecule has 1 N–H and O–H groups in total. The van der Waals surface area contributed by atoms with Crippen molar-refractivity contribution in [2.45, 2.75) is 38.3 Å². The highest BCUT2D eigenvalue weighted by molar-refractivity contribution is 5.69. The van der Waals surface area contributed by atoms with Gasteiger partial charge in [-0.05, 0) is 50.4 Å². The minimum absolute atomic E-state index is 0.225. The number of likely N-dealkylation sites (tertiary alicyclic amines) is 1. The third kappa shape index (κ3) is 4.25. The Bertz CT molecular complexity index is 718. The third-order valence-corrected chi connectivity index (χ3v) is 5.19. The van der Waals surface area contributed by atoms with E-state index in [4.69, 9.17) is 4.74 Å². The Morgan fingerprint density at radius 2 is 1.58 bits per heavy atom. The lowest BCUT2D eigenvalue weighted by molar-refractivity contribution is 0.00648. The van der Waals surface area contributed by atoms with Crippen LogP contribution in [-0.2, 0) is 10.3 Å². The van der Waals surface area contributed by atoms with Crippen LogP contribution < -0.4 is 5.32 Å². The Hall–Kier alpha value is -2.33. The van der Waals surface area contributed by atoms with Crippen molar-refractivity contribution in [1.29, 1.82) is 0 Å². The average Bonchev–Trinajstić information content (AvgIpc) is 2.68. The number of hydrogen-bond donors (Lipinski definition) is 1. The van der Waals surface area contributed by atoms with E-state index < -0.39 is 5.60 Å². The first-order valence-electron chi connectivity index (χ1n) is 9.31. The number of piperidine rings is 1. The second-order valence-electron chi connectivity index (χ2n) is 7.37. The van der Waals surface area contributed by atoms with Crippen LogP contribution in [0.3, 0.4) is 0 Å². The van der Waals surface area contributed by atoms with Gasteiger partial charge in [-0.15, -0.1) is 0 Å². The van der Waals surface area contributed by atoms with Crippen LogP contribution in [0, 0.1) is 0 Å². The standard InChI is InChI=1S/C22H28N2O2/c1-22(2,26-21(25)24-15-13-20(23-3)14-16-24)19-11-9-18(10-12-19)17-7-5-4-6-8-17/h4-12,20,23H,13-16H2,1-3H3. The average molecular weight is 352 g/mol. The second kappa shape index (κ2) is 7.92. The van der Waals surface area contributed by atoms with Crippen LogP contribution in [0.15, 0.2) is 54.6 Å². The predicted molar refractivity (Wildman–Crippen MR) is 105 cm³/mol. The molecular formula is C22H28N2O2. The molecule has 1 aliphatic rings. The monoisotopic (exact) mass is 352 g/mol. The summed E-state index contributed by atoms with van der Waals surface area (Å²) < 4.78 is 5.84. The lowest BCUT2D eigenvalue weighted by Crippen LogP contribution is -2.45. The molecule has 1 heterocycles. The number of carbonyl (C=O) groups excluding carboxylic acids is 1. The summed E-state index contributed by atoms with van der Waals surface area (Å²) in [6.07, 6.45) is 1.71. The molecule has 4 heteroatoms. The van der Waals surface area contributed by atoms with E-state index in [1.807, 2.05) is 56.1 Å². The Labute approximate surface area is 156 Å². The molecule has 4 nitrogen and oxygen atoms in total. The van der Waals surface area contributed by atoms with Crippen molar-refractivity contribution in [3.8, 4) is 11.1 Å². The Balaban J connectivity index is 1.65. The third-order valence-electron chi connectivity index (χ3n) is 5.19. The topological polar surface area (TPSA) is 41.6 Å². The summed E-state index contributed by atoms with van der Waals surface area (Å²) in [6, 6.07) is 19.0. The summed E-state index contributed by atoms with van der Waals surface area (Å²) in [5.74, 6) is 0. The summed E-state index contributed by atoms with van der Waals surface area (Å²) in [7, 11) is 1.97. The van der Waals surface area contributed by atoms with Crippen LogP contribution in [0.2, 0.25) is 0 Å². The molecule has 0 radical (unpaired) electrons. The minimum Gasteiger partial charge on any atom is -0.438 e. The summed E-state index contributed by atoms with van der Waals surface area (Å²) in [4.78, 5) is 14.4. The van der Waals surface area contributed by atoms with Crippen LogP contribution in [0.1, 0.15) is 32.3 Å². The molecule has 1 amide bonds. The smallest absolute Gasteiger partial charge is 0.410 e. The van der Waals surface area contributed by atoms with Gasteiger partial charge in [-0.1, -0.05) is 54.6 Å². The van der Waals surface area contributed by atoms with E-state index in [1.165, 1.54) is 5.56 Å². The number of benzene rings is 2. The number of hydrogen-bond acceptors (Lipinski definition) is 3. The summed E-state index contributed by atoms with van der Waals surface area (Å²) in [5, 5.41) is 3.28. The molecule has 1 fully saturated rings. The quantitative estimate of drug-likeness (QED) is 0.886. The van der Waals surface area contributed by atoms with Crippen molar-refractivity contribution in [2.24, 2.45) is 0 Å². The van der Waals surface area contributed by atoms with Crippen LogP contribution in [0.5, 0.6) is 0 Å². The number of nitrogens with zero attached hydrogens (tertiary/aromatic N) is 1. The summed E-state index contributed by atoms with van der Waals surface area (Å²) in [6.45, 7) is 5.38. The zero-order chi connectivity index (χ0) is 18.6. The maximum Gasteiger partial charge on any atom is 0.410 e. The molecule has 1 aliphatic heterocycles. The van der Waals surface area contributed by atoms with E-state index in [-0.39, 0.29) is 6.09 Å². The molecule has 2 aromatic rings. The molecule has 0 spiro atoms. The zero-order valence-electron chi connectivity index (χ0n) is 15.9. The van der Waals surface area contributed by atoms with Gasteiger partial charge in [0.05, 0.1) is 0 Å². The van der Waals surface area contributed by atoms with Gasteiger partial charge in [0.2, 0.25) is 0 Å². The van der Waals surface area contributed by atoms with E-state index in [0.29, 0.717) is 6.04 Å². The van der Waals surface area contributed by atoms with E-state index >= 15 is 0 Å². The van der Waals surface area contributed by atoms with Gasteiger partial charge in [-0.3, -0.25) is 0 Å². The van der Waals surface area contributed by atoms with Crippen LogP contribution in [0.4, 0.5) is 4.79 Å². The number of amides is 1. The molecule has 26 heavy (non-hydrogen) atoms. The zero-order valence-corrected chi connectivity index (χ0v) is 15.9. The van der Waals surface area contributed by atoms with Crippen molar-refractivity contribution < 1.29 is 9.53 Å². The maximum atomic E-state index is 12.6. The molecule has 138 valence electrons. The molecule has 0 atom stereocenters. The molecule has 0 bridgehead atoms. The van der Waals surface area contributed by atoms with Crippen molar-refractivity contribution in [3.63, 3.8) is 0 Å². The van der Waals surface area contributed by atoms with Gasteiger partial charge < -0.3 is 15.0 Å². The second-order valence-corrected chi connectivity index (χ2v) is 7.37. The van der Waals surface area contributed by atoms with Gasteiger partial charge in [0.25, 0.3) is 0 Å². The Morgan fingerprint density at radius 1 is 1.00 bits per heavy atom.